The van der Waals surface area contributed by atoms with E-state index in [9.17, 15) is 0 Å². The summed E-state index contributed by atoms with van der Waals surface area (Å²) in [6.07, 6.45) is 6.00. The summed E-state index contributed by atoms with van der Waals surface area (Å²) in [7, 11) is 0. The minimum atomic E-state index is -0.262. The van der Waals surface area contributed by atoms with Gasteiger partial charge in [-0.3, -0.25) is 0 Å². The first-order chi connectivity index (χ1) is 5.13. The molecule has 0 heteroatoms. The van der Waals surface area contributed by atoms with Crippen molar-refractivity contribution in [1.29, 1.82) is 0 Å². The van der Waals surface area contributed by atoms with Gasteiger partial charge in [-0.2, -0.15) is 0 Å². The molecule has 0 N–H and O–H groups in total. The van der Waals surface area contributed by atoms with Gasteiger partial charge >= 0.3 is 0 Å². The normalized spacial score (nSPS) is 14.6. The first kappa shape index (κ1) is 9.96. The van der Waals surface area contributed by atoms with Crippen LogP contribution in [-0.2, 0) is 0 Å². The van der Waals surface area contributed by atoms with Gasteiger partial charge in [-0.25, -0.2) is 0 Å². The van der Waals surface area contributed by atoms with Crippen molar-refractivity contribution in [2.24, 2.45) is 5.41 Å². The predicted octanol–water partition coefficient (Wildman–Crippen LogP) is 3.30. The van der Waals surface area contributed by atoms with Crippen LogP contribution in [0.25, 0.3) is 0 Å². The number of hydrogen-bond acceptors (Lipinski definition) is 0. The summed E-state index contributed by atoms with van der Waals surface area (Å²) < 4.78 is 0. The van der Waals surface area contributed by atoms with E-state index in [-0.39, 0.29) is 5.41 Å². The van der Waals surface area contributed by atoms with Gasteiger partial charge in [0.1, 0.15) is 0 Å². The molecule has 0 aliphatic carbocycles. The van der Waals surface area contributed by atoms with E-state index < -0.39 is 0 Å². The van der Waals surface area contributed by atoms with Crippen molar-refractivity contribution >= 4 is 0 Å². The largest absolute Gasteiger partial charge is 0.103 e. The molecule has 11 heavy (non-hydrogen) atoms. The van der Waals surface area contributed by atoms with Crippen LogP contribution in [0.3, 0.4) is 0 Å². The minimum absolute atomic E-state index is 0.262. The van der Waals surface area contributed by atoms with Crippen LogP contribution in [-0.4, -0.2) is 0 Å². The average molecular weight is 147 g/mol. The Hall–Kier alpha value is -1.04. The summed E-state index contributed by atoms with van der Waals surface area (Å²) in [4.78, 5) is 0. The van der Waals surface area contributed by atoms with Crippen LogP contribution >= 0.6 is 0 Å². The Morgan fingerprint density at radius 1 is 1.55 bits per heavy atom. The molecular weight excluding hydrogens is 132 g/mol. The lowest BCUT2D eigenvalue weighted by Crippen LogP contribution is -2.13. The molecular formula is C11H15. The van der Waals surface area contributed by atoms with E-state index in [1.165, 1.54) is 0 Å². The van der Waals surface area contributed by atoms with Crippen LogP contribution in [0.4, 0.5) is 0 Å². The van der Waals surface area contributed by atoms with Crippen molar-refractivity contribution in [3.63, 3.8) is 0 Å². The quantitative estimate of drug-likeness (QED) is 0.523. The van der Waals surface area contributed by atoms with Crippen molar-refractivity contribution < 1.29 is 0 Å². The Kier molecular flexibility index (Phi) is 3.59. The third-order valence-electron chi connectivity index (χ3n) is 1.94. The molecule has 0 nitrogen and oxygen atoms in total. The summed E-state index contributed by atoms with van der Waals surface area (Å²) in [5.41, 5.74) is 0.733. The Bertz CT molecular complexity index is 176. The van der Waals surface area contributed by atoms with Gasteiger partial charge in [0.25, 0.3) is 0 Å². The van der Waals surface area contributed by atoms with Gasteiger partial charge in [-0.05, 0) is 13.3 Å². The Balaban J connectivity index is 4.72. The summed E-state index contributed by atoms with van der Waals surface area (Å²) >= 11 is 0. The molecule has 0 aliphatic rings. The zero-order chi connectivity index (χ0) is 8.91. The van der Waals surface area contributed by atoms with E-state index >= 15 is 0 Å². The Labute approximate surface area is 69.6 Å². The number of allylic oxidation sites excluding steroid dienone is 4. The molecule has 0 saturated carbocycles. The molecule has 1 radical (unpaired) electrons. The molecule has 0 amide bonds. The molecule has 1 atom stereocenters. The first-order valence-corrected chi connectivity index (χ1v) is 3.59. The summed E-state index contributed by atoms with van der Waals surface area (Å²) in [5, 5.41) is 0. The highest BCUT2D eigenvalue weighted by Crippen LogP contribution is 2.32. The van der Waals surface area contributed by atoms with E-state index in [0.29, 0.717) is 0 Å². The molecule has 0 aromatic rings. The second kappa shape index (κ2) is 3.97. The zero-order valence-corrected chi connectivity index (χ0v) is 7.14. The molecule has 0 spiro atoms. The Morgan fingerprint density at radius 2 is 2.09 bits per heavy atom. The van der Waals surface area contributed by atoms with Gasteiger partial charge < -0.3 is 0 Å². The Morgan fingerprint density at radius 3 is 2.18 bits per heavy atom. The summed E-state index contributed by atoms with van der Waals surface area (Å²) in [5.74, 6) is 0. The van der Waals surface area contributed by atoms with Crippen molar-refractivity contribution in [2.45, 2.75) is 13.3 Å². The van der Waals surface area contributed by atoms with Crippen molar-refractivity contribution in [1.82, 2.24) is 0 Å². The van der Waals surface area contributed by atoms with Crippen LogP contribution < -0.4 is 0 Å². The molecule has 0 saturated heterocycles. The standard InChI is InChI=1S/C11H15/c1-6-9-11(7-2,8-3)10(4)5/h2,6-8H,1,3-4,9H2,5H3. The number of rotatable bonds is 5. The van der Waals surface area contributed by atoms with E-state index in [1.807, 2.05) is 13.0 Å². The van der Waals surface area contributed by atoms with Gasteiger partial charge in [0.05, 0.1) is 0 Å². The maximum Gasteiger partial charge on any atom is 0.0300 e. The molecule has 0 heterocycles. The molecule has 59 valence electrons. The van der Waals surface area contributed by atoms with Crippen LogP contribution in [0.5, 0.6) is 0 Å². The molecule has 0 bridgehead atoms. The maximum absolute atomic E-state index is 5.50. The molecule has 0 fully saturated rings. The van der Waals surface area contributed by atoms with Gasteiger partial charge in [-0.15, -0.1) is 13.2 Å². The van der Waals surface area contributed by atoms with E-state index in [1.54, 1.807) is 12.2 Å². The molecule has 0 aromatic heterocycles. The zero-order valence-electron chi connectivity index (χ0n) is 7.14. The van der Waals surface area contributed by atoms with Crippen molar-refractivity contribution in [3.05, 3.63) is 50.1 Å². The fourth-order valence-electron chi connectivity index (χ4n) is 0.949. The van der Waals surface area contributed by atoms with Crippen LogP contribution in [0.15, 0.2) is 43.5 Å². The molecule has 0 aromatic carbocycles. The van der Waals surface area contributed by atoms with Crippen LogP contribution in [0.2, 0.25) is 0 Å². The highest BCUT2D eigenvalue weighted by Gasteiger charge is 2.21. The van der Waals surface area contributed by atoms with Gasteiger partial charge in [0.2, 0.25) is 0 Å². The van der Waals surface area contributed by atoms with E-state index in [4.69, 9.17) is 6.58 Å². The fourth-order valence-corrected chi connectivity index (χ4v) is 0.949. The van der Waals surface area contributed by atoms with Crippen LogP contribution in [0, 0.1) is 12.0 Å². The second-order valence-corrected chi connectivity index (χ2v) is 2.68. The van der Waals surface area contributed by atoms with Crippen molar-refractivity contribution in [3.8, 4) is 0 Å². The van der Waals surface area contributed by atoms with Gasteiger partial charge in [-0.1, -0.05) is 37.0 Å². The first-order valence-electron chi connectivity index (χ1n) is 3.59. The lowest BCUT2D eigenvalue weighted by atomic mass is 9.79. The highest BCUT2D eigenvalue weighted by atomic mass is 14.2. The lowest BCUT2D eigenvalue weighted by Gasteiger charge is -2.25. The SMILES string of the molecule is [CH]=CC(C=C)(CC=C)C(=C)C. The smallest absolute Gasteiger partial charge is 0.0300 e. The third-order valence-corrected chi connectivity index (χ3v) is 1.94. The van der Waals surface area contributed by atoms with E-state index in [2.05, 4.69) is 19.7 Å². The topological polar surface area (TPSA) is 0 Å². The fraction of sp³-hybridized carbons (Fsp3) is 0.273. The molecule has 0 rings (SSSR count). The highest BCUT2D eigenvalue weighted by molar-refractivity contribution is 5.24. The van der Waals surface area contributed by atoms with Gasteiger partial charge in [0, 0.05) is 5.41 Å². The summed E-state index contributed by atoms with van der Waals surface area (Å²) in [6.45, 7) is 18.7. The van der Waals surface area contributed by atoms with Crippen molar-refractivity contribution in [2.75, 3.05) is 0 Å². The van der Waals surface area contributed by atoms with Crippen LogP contribution in [0.1, 0.15) is 13.3 Å². The van der Waals surface area contributed by atoms with Gasteiger partial charge in [0.15, 0.2) is 0 Å². The van der Waals surface area contributed by atoms with E-state index in [0.717, 1.165) is 12.0 Å². The monoisotopic (exact) mass is 147 g/mol. The lowest BCUT2D eigenvalue weighted by molar-refractivity contribution is 0.601. The summed E-state index contributed by atoms with van der Waals surface area (Å²) in [6, 6.07) is 0. The predicted molar refractivity (Wildman–Crippen MR) is 51.1 cm³/mol. The average Bonchev–Trinajstić information content (AvgIpc) is 2.00. The maximum atomic E-state index is 5.50. The number of hydrogen-bond donors (Lipinski definition) is 0. The third kappa shape index (κ3) is 1.94. The molecule has 0 aliphatic heterocycles. The molecule has 1 unspecified atom stereocenters. The second-order valence-electron chi connectivity index (χ2n) is 2.68. The minimum Gasteiger partial charge on any atom is -0.103 e.